The first-order chi connectivity index (χ1) is 12.0. The van der Waals surface area contributed by atoms with E-state index in [1.807, 2.05) is 0 Å². The number of anilines is 1. The molecule has 1 heterocycles. The van der Waals surface area contributed by atoms with Crippen molar-refractivity contribution in [1.82, 2.24) is 0 Å². The Hall–Kier alpha value is -3.13. The fourth-order valence-corrected chi connectivity index (χ4v) is 2.49. The van der Waals surface area contributed by atoms with Gasteiger partial charge < -0.3 is 19.5 Å². The van der Waals surface area contributed by atoms with E-state index in [0.29, 0.717) is 28.3 Å². The van der Waals surface area contributed by atoms with Gasteiger partial charge in [0.2, 0.25) is 5.91 Å². The van der Waals surface area contributed by atoms with Gasteiger partial charge in [-0.05, 0) is 24.3 Å². The number of fused-ring (bicyclic) bond motifs is 1. The maximum atomic E-state index is 11.1. The zero-order valence-electron chi connectivity index (χ0n) is 13.5. The largest absolute Gasteiger partial charge is 0.489 e. The number of amides is 1. The predicted octanol–water partition coefficient (Wildman–Crippen LogP) is 3.00. The summed E-state index contributed by atoms with van der Waals surface area (Å²) in [4.78, 5) is 21.6. The van der Waals surface area contributed by atoms with E-state index in [1.165, 1.54) is 19.1 Å². The van der Waals surface area contributed by atoms with E-state index in [1.54, 1.807) is 24.3 Å². The Kier molecular flexibility index (Phi) is 4.80. The van der Waals surface area contributed by atoms with Gasteiger partial charge in [-0.15, -0.1) is 0 Å². The number of hydrogen-bond acceptors (Lipinski definition) is 6. The number of nitrogens with zero attached hydrogens (tertiary/aromatic N) is 1. The summed E-state index contributed by atoms with van der Waals surface area (Å²) < 4.78 is 16.3. The van der Waals surface area contributed by atoms with Crippen molar-refractivity contribution < 1.29 is 23.9 Å². The van der Waals surface area contributed by atoms with Gasteiger partial charge in [0.25, 0.3) is 5.69 Å². The minimum absolute atomic E-state index is 0.0348. The standard InChI is InChI=1S/C17H16N2O6/c1-11(20)18-14-2-4-16(5-3-14)24-9-13-7-15(19(21)22)6-12-8-23-10-25-17(12)13/h2-7H,8-10H2,1H3,(H,18,20). The average Bonchev–Trinajstić information content (AvgIpc) is 2.60. The molecule has 0 saturated carbocycles. The molecule has 1 aliphatic heterocycles. The zero-order valence-corrected chi connectivity index (χ0v) is 13.5. The second-order valence-electron chi connectivity index (χ2n) is 5.46. The maximum Gasteiger partial charge on any atom is 0.270 e. The lowest BCUT2D eigenvalue weighted by Gasteiger charge is -2.20. The molecule has 0 aliphatic carbocycles. The highest BCUT2D eigenvalue weighted by Gasteiger charge is 2.21. The monoisotopic (exact) mass is 344 g/mol. The Labute approximate surface area is 143 Å². The number of nitro groups is 1. The van der Waals surface area contributed by atoms with Gasteiger partial charge in [-0.3, -0.25) is 14.9 Å². The topological polar surface area (TPSA) is 99.9 Å². The summed E-state index contributed by atoms with van der Waals surface area (Å²) in [6, 6.07) is 9.72. The molecule has 3 rings (SSSR count). The van der Waals surface area contributed by atoms with Crippen LogP contribution in [0.15, 0.2) is 36.4 Å². The molecular formula is C17H16N2O6. The molecule has 130 valence electrons. The molecule has 0 radical (unpaired) electrons. The molecule has 0 spiro atoms. The number of non-ortho nitro benzene ring substituents is 1. The van der Waals surface area contributed by atoms with Gasteiger partial charge in [-0.2, -0.15) is 0 Å². The number of carbonyl (C=O) groups excluding carboxylic acids is 1. The van der Waals surface area contributed by atoms with E-state index >= 15 is 0 Å². The average molecular weight is 344 g/mol. The molecule has 8 nitrogen and oxygen atoms in total. The van der Waals surface area contributed by atoms with Crippen molar-refractivity contribution in [2.24, 2.45) is 0 Å². The Morgan fingerprint density at radius 2 is 2.08 bits per heavy atom. The Bertz CT molecular complexity index is 804. The van der Waals surface area contributed by atoms with Crippen LogP contribution in [0.1, 0.15) is 18.1 Å². The van der Waals surface area contributed by atoms with Crippen molar-refractivity contribution in [2.75, 3.05) is 12.1 Å². The summed E-state index contributed by atoms with van der Waals surface area (Å²) in [5.41, 5.74) is 1.83. The van der Waals surface area contributed by atoms with Crippen LogP contribution >= 0.6 is 0 Å². The number of carbonyl (C=O) groups is 1. The molecule has 0 aromatic heterocycles. The van der Waals surface area contributed by atoms with Gasteiger partial charge in [0, 0.05) is 35.9 Å². The normalized spacial score (nSPS) is 12.7. The molecule has 1 aliphatic rings. The molecule has 0 atom stereocenters. The maximum absolute atomic E-state index is 11.1. The van der Waals surface area contributed by atoms with Crippen LogP contribution in [0.25, 0.3) is 0 Å². The minimum Gasteiger partial charge on any atom is -0.489 e. The number of nitro benzene ring substituents is 1. The molecule has 8 heteroatoms. The third kappa shape index (κ3) is 4.04. The molecule has 0 saturated heterocycles. The van der Waals surface area contributed by atoms with Crippen LogP contribution in [0.2, 0.25) is 0 Å². The van der Waals surface area contributed by atoms with E-state index in [4.69, 9.17) is 14.2 Å². The predicted molar refractivity (Wildman–Crippen MR) is 88.5 cm³/mol. The first-order valence-electron chi connectivity index (χ1n) is 7.54. The molecule has 0 unspecified atom stereocenters. The van der Waals surface area contributed by atoms with E-state index in [2.05, 4.69) is 5.32 Å². The summed E-state index contributed by atoms with van der Waals surface area (Å²) in [5, 5.41) is 13.8. The van der Waals surface area contributed by atoms with E-state index in [-0.39, 0.29) is 31.6 Å². The number of hydrogen-bond donors (Lipinski definition) is 1. The first kappa shape index (κ1) is 16.7. The van der Waals surface area contributed by atoms with Crippen molar-refractivity contribution >= 4 is 17.3 Å². The summed E-state index contributed by atoms with van der Waals surface area (Å²) in [5.74, 6) is 0.976. The SMILES string of the molecule is CC(=O)Nc1ccc(OCc2cc([N+](=O)[O-])cc3c2OCOC3)cc1. The highest BCUT2D eigenvalue weighted by molar-refractivity contribution is 5.88. The fraction of sp³-hybridized carbons (Fsp3) is 0.235. The number of rotatable bonds is 5. The second-order valence-corrected chi connectivity index (χ2v) is 5.46. The van der Waals surface area contributed by atoms with Gasteiger partial charge in [0.15, 0.2) is 6.79 Å². The highest BCUT2D eigenvalue weighted by Crippen LogP contribution is 2.33. The fourth-order valence-electron chi connectivity index (χ4n) is 2.49. The van der Waals surface area contributed by atoms with Crippen LogP contribution in [0.4, 0.5) is 11.4 Å². The summed E-state index contributed by atoms with van der Waals surface area (Å²) in [7, 11) is 0. The third-order valence-corrected chi connectivity index (χ3v) is 3.55. The second kappa shape index (κ2) is 7.18. The Morgan fingerprint density at radius 3 is 2.76 bits per heavy atom. The van der Waals surface area contributed by atoms with E-state index in [9.17, 15) is 14.9 Å². The van der Waals surface area contributed by atoms with Crippen molar-refractivity contribution in [3.05, 3.63) is 57.6 Å². The van der Waals surface area contributed by atoms with Crippen molar-refractivity contribution in [1.29, 1.82) is 0 Å². The van der Waals surface area contributed by atoms with Crippen LogP contribution < -0.4 is 14.8 Å². The molecular weight excluding hydrogens is 328 g/mol. The molecule has 2 aromatic rings. The van der Waals surface area contributed by atoms with Gasteiger partial charge in [0.05, 0.1) is 11.5 Å². The van der Waals surface area contributed by atoms with Crippen molar-refractivity contribution in [3.8, 4) is 11.5 Å². The van der Waals surface area contributed by atoms with Crippen LogP contribution in [0.3, 0.4) is 0 Å². The Balaban J connectivity index is 1.77. The lowest BCUT2D eigenvalue weighted by atomic mass is 10.1. The van der Waals surface area contributed by atoms with Gasteiger partial charge in [-0.25, -0.2) is 0 Å². The molecule has 0 bridgehead atoms. The molecule has 1 amide bonds. The first-order valence-corrected chi connectivity index (χ1v) is 7.54. The lowest BCUT2D eigenvalue weighted by molar-refractivity contribution is -0.385. The van der Waals surface area contributed by atoms with Crippen LogP contribution in [-0.2, 0) is 22.7 Å². The van der Waals surface area contributed by atoms with E-state index in [0.717, 1.165) is 0 Å². The smallest absolute Gasteiger partial charge is 0.270 e. The van der Waals surface area contributed by atoms with Crippen molar-refractivity contribution in [3.63, 3.8) is 0 Å². The highest BCUT2D eigenvalue weighted by atomic mass is 16.7. The summed E-state index contributed by atoms with van der Waals surface area (Å²) in [6.07, 6.45) is 0. The minimum atomic E-state index is -0.458. The summed E-state index contributed by atoms with van der Waals surface area (Å²) >= 11 is 0. The van der Waals surface area contributed by atoms with Gasteiger partial charge in [-0.1, -0.05) is 0 Å². The van der Waals surface area contributed by atoms with Gasteiger partial charge >= 0.3 is 0 Å². The van der Waals surface area contributed by atoms with Crippen molar-refractivity contribution in [2.45, 2.75) is 20.1 Å². The lowest BCUT2D eigenvalue weighted by Crippen LogP contribution is -2.14. The van der Waals surface area contributed by atoms with Crippen LogP contribution in [-0.4, -0.2) is 17.6 Å². The van der Waals surface area contributed by atoms with Crippen LogP contribution in [0.5, 0.6) is 11.5 Å². The van der Waals surface area contributed by atoms with E-state index < -0.39 is 4.92 Å². The molecule has 25 heavy (non-hydrogen) atoms. The molecule has 1 N–H and O–H groups in total. The zero-order chi connectivity index (χ0) is 17.8. The molecule has 2 aromatic carbocycles. The molecule has 0 fully saturated rings. The number of benzene rings is 2. The Morgan fingerprint density at radius 1 is 1.32 bits per heavy atom. The number of ether oxygens (including phenoxy) is 3. The number of nitrogens with one attached hydrogen (secondary N) is 1. The van der Waals surface area contributed by atoms with Gasteiger partial charge in [0.1, 0.15) is 18.1 Å². The summed E-state index contributed by atoms with van der Waals surface area (Å²) in [6.45, 7) is 1.90. The quantitative estimate of drug-likeness (QED) is 0.661. The van der Waals surface area contributed by atoms with Crippen LogP contribution in [0, 0.1) is 10.1 Å². The third-order valence-electron chi connectivity index (χ3n) is 3.55.